The largest absolute Gasteiger partial charge is 0.460 e. The maximum Gasteiger partial charge on any atom is 0.316 e. The summed E-state index contributed by atoms with van der Waals surface area (Å²) in [4.78, 5) is 21.2. The second kappa shape index (κ2) is 7.01. The van der Waals surface area contributed by atoms with Gasteiger partial charge in [0.2, 0.25) is 0 Å². The molecular weight excluding hydrogens is 371 g/mol. The Morgan fingerprint density at radius 2 is 2.04 bits per heavy atom. The zero-order valence-corrected chi connectivity index (χ0v) is 16.4. The van der Waals surface area contributed by atoms with E-state index in [4.69, 9.17) is 27.9 Å². The molecule has 2 aromatic rings. The average Bonchev–Trinajstić information content (AvgIpc) is 3.15. The third kappa shape index (κ3) is 3.49. The fourth-order valence-electron chi connectivity index (χ4n) is 3.32. The summed E-state index contributed by atoms with van der Waals surface area (Å²) in [6.07, 6.45) is 7.27. The molecule has 1 fully saturated rings. The molecule has 1 unspecified atom stereocenters. The van der Waals surface area contributed by atoms with Crippen LogP contribution in [-0.4, -0.2) is 15.9 Å². The van der Waals surface area contributed by atoms with E-state index in [2.05, 4.69) is 9.97 Å². The standard InChI is InChI=1S/C20H20Cl2N2O2/c1-13-14(5-4-6-15(13)16-10-23-7-8-24-16)11-26-18(25)20(9-17(21)22)12-19(20,2)3/h4-10H,11-12H2,1-3H3. The Hall–Kier alpha value is -1.91. The molecule has 4 nitrogen and oxygen atoms in total. The number of carbonyl (C=O) groups is 1. The van der Waals surface area contributed by atoms with Crippen LogP contribution in [0.15, 0.2) is 47.4 Å². The first-order valence-electron chi connectivity index (χ1n) is 8.33. The number of hydrogen-bond donors (Lipinski definition) is 0. The van der Waals surface area contributed by atoms with Gasteiger partial charge in [-0.15, -0.1) is 0 Å². The van der Waals surface area contributed by atoms with Crippen molar-refractivity contribution >= 4 is 29.2 Å². The highest BCUT2D eigenvalue weighted by Gasteiger charge is 2.66. The summed E-state index contributed by atoms with van der Waals surface area (Å²) in [5.41, 5.74) is 2.73. The molecule has 0 amide bonds. The Morgan fingerprint density at radius 1 is 1.31 bits per heavy atom. The summed E-state index contributed by atoms with van der Waals surface area (Å²) in [6, 6.07) is 5.84. The second-order valence-electron chi connectivity index (χ2n) is 7.22. The number of aromatic nitrogens is 2. The lowest BCUT2D eigenvalue weighted by atomic mass is 9.96. The van der Waals surface area contributed by atoms with Crippen molar-refractivity contribution < 1.29 is 9.53 Å². The Balaban J connectivity index is 1.79. The molecular formula is C20H20Cl2N2O2. The van der Waals surface area contributed by atoms with E-state index >= 15 is 0 Å². The van der Waals surface area contributed by atoms with Crippen molar-refractivity contribution in [3.05, 3.63) is 58.5 Å². The van der Waals surface area contributed by atoms with Gasteiger partial charge >= 0.3 is 5.97 Å². The highest BCUT2D eigenvalue weighted by molar-refractivity contribution is 6.56. The van der Waals surface area contributed by atoms with E-state index < -0.39 is 5.41 Å². The van der Waals surface area contributed by atoms with Crippen molar-refractivity contribution in [1.82, 2.24) is 9.97 Å². The number of ether oxygens (including phenoxy) is 1. The molecule has 0 bridgehead atoms. The Labute approximate surface area is 163 Å². The van der Waals surface area contributed by atoms with Crippen molar-refractivity contribution in [1.29, 1.82) is 0 Å². The van der Waals surface area contributed by atoms with Gasteiger partial charge in [-0.1, -0.05) is 55.2 Å². The van der Waals surface area contributed by atoms with Gasteiger partial charge in [-0.05, 0) is 36.0 Å². The van der Waals surface area contributed by atoms with Gasteiger partial charge in [0.1, 0.15) is 11.1 Å². The number of hydrogen-bond acceptors (Lipinski definition) is 4. The number of benzene rings is 1. The lowest BCUT2D eigenvalue weighted by Crippen LogP contribution is -2.22. The molecule has 26 heavy (non-hydrogen) atoms. The van der Waals surface area contributed by atoms with Crippen molar-refractivity contribution in [2.45, 2.75) is 33.8 Å². The predicted molar refractivity (Wildman–Crippen MR) is 103 cm³/mol. The van der Waals surface area contributed by atoms with E-state index in [0.29, 0.717) is 6.42 Å². The number of carbonyl (C=O) groups excluding carboxylic acids is 1. The zero-order chi connectivity index (χ0) is 18.9. The summed E-state index contributed by atoms with van der Waals surface area (Å²) in [7, 11) is 0. The predicted octanol–water partition coefficient (Wildman–Crippen LogP) is 5.23. The number of rotatable bonds is 5. The van der Waals surface area contributed by atoms with Crippen molar-refractivity contribution in [3.63, 3.8) is 0 Å². The lowest BCUT2D eigenvalue weighted by Gasteiger charge is -2.17. The SMILES string of the molecule is Cc1c(COC(=O)C2(C=C(Cl)Cl)CC2(C)C)cccc1-c1cnccn1. The maximum atomic E-state index is 12.7. The van der Waals surface area contributed by atoms with Crippen LogP contribution >= 0.6 is 23.2 Å². The number of esters is 1. The van der Waals surface area contributed by atoms with Crippen molar-refractivity contribution in [2.24, 2.45) is 10.8 Å². The van der Waals surface area contributed by atoms with Gasteiger partial charge in [0.05, 0.1) is 17.3 Å². The normalized spacial score (nSPS) is 20.3. The van der Waals surface area contributed by atoms with Gasteiger partial charge in [-0.25, -0.2) is 0 Å². The zero-order valence-electron chi connectivity index (χ0n) is 14.9. The van der Waals surface area contributed by atoms with Gasteiger partial charge in [0, 0.05) is 18.0 Å². The van der Waals surface area contributed by atoms with Crippen molar-refractivity contribution in [2.75, 3.05) is 0 Å². The molecule has 6 heteroatoms. The quantitative estimate of drug-likeness (QED) is 0.655. The van der Waals surface area contributed by atoms with Crippen LogP contribution in [0.25, 0.3) is 11.3 Å². The summed E-state index contributed by atoms with van der Waals surface area (Å²) in [6.45, 7) is 6.17. The average molecular weight is 391 g/mol. The smallest absolute Gasteiger partial charge is 0.316 e. The molecule has 1 aromatic heterocycles. The van der Waals surface area contributed by atoms with Gasteiger partial charge in [0.15, 0.2) is 0 Å². The summed E-state index contributed by atoms with van der Waals surface area (Å²) in [5.74, 6) is -0.300. The van der Waals surface area contributed by atoms with E-state index in [1.54, 1.807) is 24.7 Å². The molecule has 1 aromatic carbocycles. The number of nitrogens with zero attached hydrogens (tertiary/aromatic N) is 2. The highest BCUT2D eigenvalue weighted by Crippen LogP contribution is 2.65. The molecule has 0 N–H and O–H groups in total. The Kier molecular flexibility index (Phi) is 5.09. The van der Waals surface area contributed by atoms with Crippen LogP contribution in [0.1, 0.15) is 31.4 Å². The number of halogens is 2. The summed E-state index contributed by atoms with van der Waals surface area (Å²) >= 11 is 11.6. The highest BCUT2D eigenvalue weighted by atomic mass is 35.5. The van der Waals surface area contributed by atoms with Crippen LogP contribution in [0.2, 0.25) is 0 Å². The van der Waals surface area contributed by atoms with Gasteiger partial charge in [0.25, 0.3) is 0 Å². The van der Waals surface area contributed by atoms with Crippen LogP contribution in [-0.2, 0) is 16.1 Å². The molecule has 1 heterocycles. The Bertz CT molecular complexity index is 861. The lowest BCUT2D eigenvalue weighted by molar-refractivity contribution is -0.150. The third-order valence-corrected chi connectivity index (χ3v) is 5.39. The third-order valence-electron chi connectivity index (χ3n) is 5.17. The molecule has 0 radical (unpaired) electrons. The van der Waals surface area contributed by atoms with Crippen LogP contribution in [0.3, 0.4) is 0 Å². The first-order valence-corrected chi connectivity index (χ1v) is 9.08. The molecule has 1 atom stereocenters. The van der Waals surface area contributed by atoms with E-state index in [-0.39, 0.29) is 22.5 Å². The van der Waals surface area contributed by atoms with E-state index in [1.165, 1.54) is 0 Å². The molecule has 1 saturated carbocycles. The molecule has 0 spiro atoms. The Morgan fingerprint density at radius 3 is 2.62 bits per heavy atom. The van der Waals surface area contributed by atoms with Gasteiger partial charge in [-0.3, -0.25) is 14.8 Å². The minimum Gasteiger partial charge on any atom is -0.460 e. The first kappa shape index (κ1) is 18.9. The minimum atomic E-state index is -0.748. The van der Waals surface area contributed by atoms with E-state index in [9.17, 15) is 4.79 Å². The molecule has 0 saturated heterocycles. The van der Waals surface area contributed by atoms with E-state index in [1.807, 2.05) is 39.0 Å². The summed E-state index contributed by atoms with van der Waals surface area (Å²) in [5, 5.41) is 0. The van der Waals surface area contributed by atoms with E-state index in [0.717, 1.165) is 22.4 Å². The fraction of sp³-hybridized carbons (Fsp3) is 0.350. The van der Waals surface area contributed by atoms with Crippen LogP contribution < -0.4 is 0 Å². The first-order chi connectivity index (χ1) is 12.3. The van der Waals surface area contributed by atoms with Crippen LogP contribution in [0.5, 0.6) is 0 Å². The monoisotopic (exact) mass is 390 g/mol. The fourth-order valence-corrected chi connectivity index (χ4v) is 3.69. The van der Waals surface area contributed by atoms with Crippen LogP contribution in [0, 0.1) is 17.8 Å². The molecule has 3 rings (SSSR count). The van der Waals surface area contributed by atoms with Crippen LogP contribution in [0.4, 0.5) is 0 Å². The second-order valence-corrected chi connectivity index (χ2v) is 8.23. The van der Waals surface area contributed by atoms with Crippen molar-refractivity contribution in [3.8, 4) is 11.3 Å². The minimum absolute atomic E-state index is 0.0911. The van der Waals surface area contributed by atoms with Gasteiger partial charge in [-0.2, -0.15) is 0 Å². The molecule has 136 valence electrons. The molecule has 0 aliphatic heterocycles. The molecule has 1 aliphatic carbocycles. The molecule has 1 aliphatic rings. The maximum absolute atomic E-state index is 12.7. The topological polar surface area (TPSA) is 52.1 Å². The van der Waals surface area contributed by atoms with Gasteiger partial charge < -0.3 is 4.74 Å². The summed E-state index contributed by atoms with van der Waals surface area (Å²) < 4.78 is 5.72.